The highest BCUT2D eigenvalue weighted by Gasteiger charge is 2.20. The van der Waals surface area contributed by atoms with Crippen molar-refractivity contribution >= 4 is 23.2 Å². The molecule has 3 aromatic rings. The molecule has 6 nitrogen and oxygen atoms in total. The van der Waals surface area contributed by atoms with Gasteiger partial charge in [0.15, 0.2) is 0 Å². The van der Waals surface area contributed by atoms with Crippen LogP contribution in [0.25, 0.3) is 5.52 Å². The molecule has 0 aliphatic carbocycles. The molecular formula is C19H20N4O2S. The lowest BCUT2D eigenvalue weighted by atomic mass is 9.94. The number of hydrogen-bond donors (Lipinski definition) is 2. The second-order valence-corrected chi connectivity index (χ2v) is 7.38. The predicted octanol–water partition coefficient (Wildman–Crippen LogP) is 3.19. The number of nitrogens with zero attached hydrogens (tertiary/aromatic N) is 3. The molecule has 1 aromatic carbocycles. The number of fused-ring (bicyclic) bond motifs is 1. The minimum Gasteiger partial charge on any atom is -0.478 e. The first kappa shape index (κ1) is 17.1. The van der Waals surface area contributed by atoms with Gasteiger partial charge < -0.3 is 10.4 Å². The van der Waals surface area contributed by atoms with Gasteiger partial charge in [-0.3, -0.25) is 0 Å². The molecule has 0 atom stereocenters. The Morgan fingerprint density at radius 2 is 2.00 bits per heavy atom. The Morgan fingerprint density at radius 1 is 1.23 bits per heavy atom. The molecule has 0 amide bonds. The molecule has 1 saturated heterocycles. The SMILES string of the molecule is O=C(O)c1ccc(CSc2nc(C3CCNCC3)c3cccn3n2)cc1. The molecule has 3 heterocycles. The quantitative estimate of drug-likeness (QED) is 0.674. The standard InChI is InChI=1S/C19H20N4O2S/c24-18(25)15-5-3-13(4-6-15)12-26-19-21-17(14-7-9-20-10-8-14)16-2-1-11-23(16)22-19/h1-6,11,14,20H,7-10,12H2,(H,24,25). The zero-order valence-electron chi connectivity index (χ0n) is 14.3. The molecule has 7 heteroatoms. The molecule has 0 bridgehead atoms. The van der Waals surface area contributed by atoms with Crippen molar-refractivity contribution in [3.8, 4) is 0 Å². The van der Waals surface area contributed by atoms with Gasteiger partial charge in [-0.15, -0.1) is 5.10 Å². The van der Waals surface area contributed by atoms with Gasteiger partial charge in [-0.05, 0) is 55.8 Å². The number of rotatable bonds is 5. The number of aromatic carboxylic acids is 1. The first-order chi connectivity index (χ1) is 12.7. The van der Waals surface area contributed by atoms with E-state index in [9.17, 15) is 4.79 Å². The molecule has 26 heavy (non-hydrogen) atoms. The van der Waals surface area contributed by atoms with Gasteiger partial charge in [0.25, 0.3) is 0 Å². The van der Waals surface area contributed by atoms with Crippen molar-refractivity contribution < 1.29 is 9.90 Å². The largest absolute Gasteiger partial charge is 0.478 e. The lowest BCUT2D eigenvalue weighted by molar-refractivity contribution is 0.0697. The van der Waals surface area contributed by atoms with Crippen LogP contribution in [0.2, 0.25) is 0 Å². The molecule has 1 aliphatic rings. The third-order valence-electron chi connectivity index (χ3n) is 4.69. The zero-order valence-corrected chi connectivity index (χ0v) is 15.1. The normalized spacial score (nSPS) is 15.4. The second kappa shape index (κ2) is 7.47. The maximum atomic E-state index is 10.9. The van der Waals surface area contributed by atoms with E-state index < -0.39 is 5.97 Å². The van der Waals surface area contributed by atoms with Crippen LogP contribution in [0.15, 0.2) is 47.8 Å². The number of hydrogen-bond acceptors (Lipinski definition) is 5. The van der Waals surface area contributed by atoms with Crippen LogP contribution in [-0.4, -0.2) is 38.8 Å². The van der Waals surface area contributed by atoms with E-state index in [1.165, 1.54) is 0 Å². The number of carboxylic acid groups (broad SMARTS) is 1. The first-order valence-electron chi connectivity index (χ1n) is 8.72. The fraction of sp³-hybridized carbons (Fsp3) is 0.316. The van der Waals surface area contributed by atoms with Crippen LogP contribution in [0, 0.1) is 0 Å². The average Bonchev–Trinajstić information content (AvgIpc) is 3.15. The summed E-state index contributed by atoms with van der Waals surface area (Å²) in [6.45, 7) is 2.06. The summed E-state index contributed by atoms with van der Waals surface area (Å²) < 4.78 is 1.92. The Kier molecular flexibility index (Phi) is 4.90. The van der Waals surface area contributed by atoms with Gasteiger partial charge in [0, 0.05) is 17.9 Å². The van der Waals surface area contributed by atoms with Crippen molar-refractivity contribution in [3.05, 3.63) is 59.4 Å². The van der Waals surface area contributed by atoms with E-state index in [1.807, 2.05) is 28.9 Å². The molecule has 2 aromatic heterocycles. The van der Waals surface area contributed by atoms with Gasteiger partial charge in [0.1, 0.15) is 0 Å². The lowest BCUT2D eigenvalue weighted by Gasteiger charge is -2.23. The zero-order chi connectivity index (χ0) is 17.9. The summed E-state index contributed by atoms with van der Waals surface area (Å²) in [7, 11) is 0. The fourth-order valence-corrected chi connectivity index (χ4v) is 4.08. The van der Waals surface area contributed by atoms with Gasteiger partial charge >= 0.3 is 5.97 Å². The highest BCUT2D eigenvalue weighted by molar-refractivity contribution is 7.98. The van der Waals surface area contributed by atoms with Gasteiger partial charge in [-0.1, -0.05) is 23.9 Å². The van der Waals surface area contributed by atoms with E-state index >= 15 is 0 Å². The molecule has 0 saturated carbocycles. The summed E-state index contributed by atoms with van der Waals surface area (Å²) in [5.74, 6) is 0.265. The van der Waals surface area contributed by atoms with E-state index in [0.29, 0.717) is 17.2 Å². The third-order valence-corrected chi connectivity index (χ3v) is 5.60. The van der Waals surface area contributed by atoms with Crippen molar-refractivity contribution in [3.63, 3.8) is 0 Å². The van der Waals surface area contributed by atoms with Crippen molar-refractivity contribution in [2.24, 2.45) is 0 Å². The molecule has 1 aliphatic heterocycles. The summed E-state index contributed by atoms with van der Waals surface area (Å²) in [4.78, 5) is 15.8. The molecular weight excluding hydrogens is 348 g/mol. The van der Waals surface area contributed by atoms with E-state index in [0.717, 1.165) is 47.9 Å². The minimum atomic E-state index is -0.905. The third kappa shape index (κ3) is 3.59. The summed E-state index contributed by atoms with van der Waals surface area (Å²) in [6.07, 6.45) is 4.16. The second-order valence-electron chi connectivity index (χ2n) is 6.43. The smallest absolute Gasteiger partial charge is 0.335 e. The van der Waals surface area contributed by atoms with Gasteiger partial charge in [-0.25, -0.2) is 14.3 Å². The Morgan fingerprint density at radius 3 is 2.73 bits per heavy atom. The Balaban J connectivity index is 1.55. The van der Waals surface area contributed by atoms with Gasteiger partial charge in [-0.2, -0.15) is 0 Å². The predicted molar refractivity (Wildman–Crippen MR) is 101 cm³/mol. The monoisotopic (exact) mass is 368 g/mol. The minimum absolute atomic E-state index is 0.303. The molecule has 2 N–H and O–H groups in total. The maximum absolute atomic E-state index is 10.9. The van der Waals surface area contributed by atoms with Crippen LogP contribution >= 0.6 is 11.8 Å². The topological polar surface area (TPSA) is 79.5 Å². The Hall–Kier alpha value is -2.38. The van der Waals surface area contributed by atoms with E-state index in [-0.39, 0.29) is 0 Å². The highest BCUT2D eigenvalue weighted by atomic mass is 32.2. The molecule has 0 spiro atoms. The van der Waals surface area contributed by atoms with Crippen molar-refractivity contribution in [1.82, 2.24) is 19.9 Å². The molecule has 0 radical (unpaired) electrons. The van der Waals surface area contributed by atoms with Crippen molar-refractivity contribution in [1.29, 1.82) is 0 Å². The first-order valence-corrected chi connectivity index (χ1v) is 9.70. The number of carboxylic acids is 1. The van der Waals surface area contributed by atoms with E-state index in [2.05, 4.69) is 16.5 Å². The summed E-state index contributed by atoms with van der Waals surface area (Å²) in [5, 5.41) is 17.8. The van der Waals surface area contributed by atoms with E-state index in [1.54, 1.807) is 23.9 Å². The number of piperidine rings is 1. The highest BCUT2D eigenvalue weighted by Crippen LogP contribution is 2.29. The Bertz CT molecular complexity index is 917. The van der Waals surface area contributed by atoms with E-state index in [4.69, 9.17) is 10.1 Å². The van der Waals surface area contributed by atoms with Crippen LogP contribution in [-0.2, 0) is 5.75 Å². The molecule has 0 unspecified atom stereocenters. The van der Waals surface area contributed by atoms with Gasteiger partial charge in [0.2, 0.25) is 5.16 Å². The number of carbonyl (C=O) groups is 1. The van der Waals surface area contributed by atoms with Crippen LogP contribution in [0.5, 0.6) is 0 Å². The molecule has 4 rings (SSSR count). The number of thioether (sulfide) groups is 1. The summed E-state index contributed by atoms with van der Waals surface area (Å²) in [5.41, 5.74) is 3.58. The van der Waals surface area contributed by atoms with Gasteiger partial charge in [0.05, 0.1) is 16.8 Å². The average molecular weight is 368 g/mol. The van der Waals surface area contributed by atoms with Crippen LogP contribution in [0.4, 0.5) is 0 Å². The molecule has 1 fully saturated rings. The van der Waals surface area contributed by atoms with Crippen molar-refractivity contribution in [2.75, 3.05) is 13.1 Å². The Labute approximate surface area is 155 Å². The number of benzene rings is 1. The fourth-order valence-electron chi connectivity index (χ4n) is 3.29. The lowest BCUT2D eigenvalue weighted by Crippen LogP contribution is -2.27. The molecule has 134 valence electrons. The number of nitrogens with one attached hydrogen (secondary N) is 1. The summed E-state index contributed by atoms with van der Waals surface area (Å²) in [6, 6.07) is 11.0. The van der Waals surface area contributed by atoms with Crippen molar-refractivity contribution in [2.45, 2.75) is 29.7 Å². The number of aromatic nitrogens is 3. The van der Waals surface area contributed by atoms with Crippen LogP contribution < -0.4 is 5.32 Å². The maximum Gasteiger partial charge on any atom is 0.335 e. The summed E-state index contributed by atoms with van der Waals surface area (Å²) >= 11 is 1.58. The van der Waals surface area contributed by atoms with Crippen LogP contribution in [0.3, 0.4) is 0 Å². The van der Waals surface area contributed by atoms with Crippen LogP contribution in [0.1, 0.15) is 40.4 Å².